The lowest BCUT2D eigenvalue weighted by Gasteiger charge is -2.04. The Balaban J connectivity index is 2.19. The van der Waals surface area contributed by atoms with E-state index in [1.807, 2.05) is 12.5 Å². The lowest BCUT2D eigenvalue weighted by molar-refractivity contribution is 0.770. The van der Waals surface area contributed by atoms with Gasteiger partial charge in [0.25, 0.3) is 0 Å². The Morgan fingerprint density at radius 1 is 1.29 bits per heavy atom. The highest BCUT2D eigenvalue weighted by molar-refractivity contribution is 9.10. The molecule has 0 bridgehead atoms. The second-order valence-electron chi connectivity index (χ2n) is 3.29. The lowest BCUT2D eigenvalue weighted by atomic mass is 10.2. The predicted molar refractivity (Wildman–Crippen MR) is 60.2 cm³/mol. The molecule has 0 aliphatic carbocycles. The zero-order chi connectivity index (χ0) is 9.97. The van der Waals surface area contributed by atoms with Gasteiger partial charge in [0.1, 0.15) is 0 Å². The van der Waals surface area contributed by atoms with Gasteiger partial charge in [-0.25, -0.2) is 4.98 Å². The van der Waals surface area contributed by atoms with E-state index in [2.05, 4.69) is 56.7 Å². The van der Waals surface area contributed by atoms with Gasteiger partial charge in [0.2, 0.25) is 0 Å². The summed E-state index contributed by atoms with van der Waals surface area (Å²) < 4.78 is 3.24. The van der Waals surface area contributed by atoms with Gasteiger partial charge in [0.15, 0.2) is 0 Å². The Kier molecular flexibility index (Phi) is 2.68. The molecule has 0 radical (unpaired) electrons. The molecular weight excluding hydrogens is 240 g/mol. The highest BCUT2D eigenvalue weighted by Crippen LogP contribution is 2.12. The van der Waals surface area contributed by atoms with Crippen LogP contribution < -0.4 is 0 Å². The van der Waals surface area contributed by atoms with Gasteiger partial charge >= 0.3 is 0 Å². The fourth-order valence-electron chi connectivity index (χ4n) is 1.34. The van der Waals surface area contributed by atoms with Gasteiger partial charge in [-0.05, 0) is 24.6 Å². The van der Waals surface area contributed by atoms with E-state index >= 15 is 0 Å². The molecule has 3 heteroatoms. The largest absolute Gasteiger partial charge is 0.330 e. The topological polar surface area (TPSA) is 17.8 Å². The van der Waals surface area contributed by atoms with Gasteiger partial charge in [-0.3, -0.25) is 0 Å². The van der Waals surface area contributed by atoms with Crippen LogP contribution in [-0.4, -0.2) is 9.55 Å². The summed E-state index contributed by atoms with van der Waals surface area (Å²) >= 11 is 3.42. The van der Waals surface area contributed by atoms with Crippen molar-refractivity contribution < 1.29 is 0 Å². The standard InChI is InChI=1S/C11H11BrN2/c1-9-6-13-8-14(9)7-10-2-4-11(12)5-3-10/h2-6,8H,7H2,1H3. The van der Waals surface area contributed by atoms with Crippen molar-refractivity contribution in [2.45, 2.75) is 13.5 Å². The fraction of sp³-hybridized carbons (Fsp3) is 0.182. The zero-order valence-electron chi connectivity index (χ0n) is 7.94. The average molecular weight is 251 g/mol. The fourth-order valence-corrected chi connectivity index (χ4v) is 1.60. The van der Waals surface area contributed by atoms with Gasteiger partial charge in [-0.2, -0.15) is 0 Å². The van der Waals surface area contributed by atoms with Crippen LogP contribution in [0.5, 0.6) is 0 Å². The minimum Gasteiger partial charge on any atom is -0.330 e. The number of nitrogens with zero attached hydrogens (tertiary/aromatic N) is 2. The third kappa shape index (κ3) is 2.04. The van der Waals surface area contributed by atoms with Crippen LogP contribution in [0, 0.1) is 6.92 Å². The summed E-state index contributed by atoms with van der Waals surface area (Å²) in [6, 6.07) is 8.34. The van der Waals surface area contributed by atoms with E-state index in [0.29, 0.717) is 0 Å². The number of halogens is 1. The first-order valence-corrected chi connectivity index (χ1v) is 5.26. The summed E-state index contributed by atoms with van der Waals surface area (Å²) in [5.41, 5.74) is 2.47. The first-order valence-electron chi connectivity index (χ1n) is 4.47. The Morgan fingerprint density at radius 2 is 2.00 bits per heavy atom. The monoisotopic (exact) mass is 250 g/mol. The highest BCUT2D eigenvalue weighted by Gasteiger charge is 1.97. The summed E-state index contributed by atoms with van der Waals surface area (Å²) in [5, 5.41) is 0. The molecule has 2 nitrogen and oxygen atoms in total. The number of aryl methyl sites for hydroxylation is 1. The second kappa shape index (κ2) is 3.96. The molecule has 1 aromatic carbocycles. The molecule has 1 aromatic heterocycles. The maximum absolute atomic E-state index is 4.09. The summed E-state index contributed by atoms with van der Waals surface area (Å²) in [6.07, 6.45) is 3.73. The normalized spacial score (nSPS) is 10.4. The molecule has 0 saturated carbocycles. The molecule has 1 heterocycles. The molecule has 0 spiro atoms. The highest BCUT2D eigenvalue weighted by atomic mass is 79.9. The Morgan fingerprint density at radius 3 is 2.57 bits per heavy atom. The second-order valence-corrected chi connectivity index (χ2v) is 4.21. The average Bonchev–Trinajstić information content (AvgIpc) is 2.56. The van der Waals surface area contributed by atoms with Gasteiger partial charge in [-0.1, -0.05) is 28.1 Å². The SMILES string of the molecule is Cc1cncn1Cc1ccc(Br)cc1. The van der Waals surface area contributed by atoms with Crippen molar-refractivity contribution in [3.8, 4) is 0 Å². The summed E-state index contributed by atoms with van der Waals surface area (Å²) in [5.74, 6) is 0. The third-order valence-corrected chi connectivity index (χ3v) is 2.72. The van der Waals surface area contributed by atoms with Crippen molar-refractivity contribution in [3.05, 3.63) is 52.5 Å². The zero-order valence-corrected chi connectivity index (χ0v) is 9.53. The number of hydrogen-bond acceptors (Lipinski definition) is 1. The van der Waals surface area contributed by atoms with Gasteiger partial charge in [0.05, 0.1) is 6.33 Å². The van der Waals surface area contributed by atoms with Crippen molar-refractivity contribution in [1.82, 2.24) is 9.55 Å². The van der Waals surface area contributed by atoms with E-state index < -0.39 is 0 Å². The van der Waals surface area contributed by atoms with Crippen LogP contribution in [0.1, 0.15) is 11.3 Å². The molecule has 0 saturated heterocycles. The van der Waals surface area contributed by atoms with E-state index in [1.165, 1.54) is 11.3 Å². The molecule has 0 atom stereocenters. The molecular formula is C11H11BrN2. The van der Waals surface area contributed by atoms with E-state index in [9.17, 15) is 0 Å². The first-order chi connectivity index (χ1) is 6.75. The quantitative estimate of drug-likeness (QED) is 0.802. The Bertz CT molecular complexity index is 417. The van der Waals surface area contributed by atoms with Crippen molar-refractivity contribution in [2.75, 3.05) is 0 Å². The summed E-state index contributed by atoms with van der Waals surface area (Å²) in [6.45, 7) is 2.95. The lowest BCUT2D eigenvalue weighted by Crippen LogP contribution is -1.99. The van der Waals surface area contributed by atoms with Crippen molar-refractivity contribution in [3.63, 3.8) is 0 Å². The van der Waals surface area contributed by atoms with Crippen LogP contribution in [0.2, 0.25) is 0 Å². The van der Waals surface area contributed by atoms with Gasteiger partial charge < -0.3 is 4.57 Å². The number of aromatic nitrogens is 2. The van der Waals surface area contributed by atoms with E-state index in [1.54, 1.807) is 0 Å². The van der Waals surface area contributed by atoms with Crippen LogP contribution in [0.4, 0.5) is 0 Å². The van der Waals surface area contributed by atoms with Crippen molar-refractivity contribution in [2.24, 2.45) is 0 Å². The maximum Gasteiger partial charge on any atom is 0.0951 e. The van der Waals surface area contributed by atoms with Crippen molar-refractivity contribution in [1.29, 1.82) is 0 Å². The molecule has 0 aliphatic rings. The molecule has 0 fully saturated rings. The number of rotatable bonds is 2. The Hall–Kier alpha value is -1.09. The smallest absolute Gasteiger partial charge is 0.0951 e. The number of hydrogen-bond donors (Lipinski definition) is 0. The van der Waals surface area contributed by atoms with Crippen LogP contribution in [0.15, 0.2) is 41.3 Å². The van der Waals surface area contributed by atoms with Crippen LogP contribution in [0.25, 0.3) is 0 Å². The van der Waals surface area contributed by atoms with E-state index in [4.69, 9.17) is 0 Å². The van der Waals surface area contributed by atoms with Crippen LogP contribution in [0.3, 0.4) is 0 Å². The minimum atomic E-state index is 0.888. The maximum atomic E-state index is 4.09. The minimum absolute atomic E-state index is 0.888. The van der Waals surface area contributed by atoms with E-state index in [-0.39, 0.29) is 0 Å². The number of imidazole rings is 1. The molecule has 0 N–H and O–H groups in total. The molecule has 0 amide bonds. The number of benzene rings is 1. The van der Waals surface area contributed by atoms with Crippen LogP contribution in [-0.2, 0) is 6.54 Å². The first kappa shape index (κ1) is 9.46. The molecule has 72 valence electrons. The third-order valence-electron chi connectivity index (χ3n) is 2.19. The van der Waals surface area contributed by atoms with Gasteiger partial charge in [0, 0.05) is 22.9 Å². The molecule has 0 unspecified atom stereocenters. The predicted octanol–water partition coefficient (Wildman–Crippen LogP) is 3.00. The molecule has 14 heavy (non-hydrogen) atoms. The summed E-state index contributed by atoms with van der Waals surface area (Å²) in [4.78, 5) is 4.09. The molecule has 0 aliphatic heterocycles. The van der Waals surface area contributed by atoms with Crippen molar-refractivity contribution >= 4 is 15.9 Å². The van der Waals surface area contributed by atoms with E-state index in [0.717, 1.165) is 11.0 Å². The van der Waals surface area contributed by atoms with Crippen LogP contribution >= 0.6 is 15.9 Å². The molecule has 2 aromatic rings. The summed E-state index contributed by atoms with van der Waals surface area (Å²) in [7, 11) is 0. The Labute approximate surface area is 91.7 Å². The van der Waals surface area contributed by atoms with Gasteiger partial charge in [-0.15, -0.1) is 0 Å². The molecule has 2 rings (SSSR count).